The Balaban J connectivity index is 3.93. The van der Waals surface area contributed by atoms with E-state index in [-0.39, 0.29) is 5.75 Å². The third-order valence-electron chi connectivity index (χ3n) is 0.664. The van der Waals surface area contributed by atoms with Gasteiger partial charge in [-0.05, 0) is 0 Å². The normalized spacial score (nSPS) is 10.7. The van der Waals surface area contributed by atoms with E-state index in [9.17, 15) is 8.42 Å². The molecule has 52 valence electrons. The molecule has 9 heavy (non-hydrogen) atoms. The number of hydrogen-bond donors (Lipinski definition) is 1. The average Bonchev–Trinajstić information content (AvgIpc) is 1.64. The molecule has 0 aromatic heterocycles. The first kappa shape index (κ1) is 8.40. The molecule has 0 aliphatic heterocycles. The van der Waals surface area contributed by atoms with Gasteiger partial charge in [0.15, 0.2) is 0 Å². The molecule has 0 saturated heterocycles. The van der Waals surface area contributed by atoms with Crippen molar-refractivity contribution in [2.75, 3.05) is 18.2 Å². The molecule has 1 N–H and O–H groups in total. The molecule has 0 aromatic carbocycles. The Kier molecular flexibility index (Phi) is 3.20. The van der Waals surface area contributed by atoms with Crippen LogP contribution in [0.3, 0.4) is 0 Å². The number of aliphatic hydroxyl groups is 1. The van der Waals surface area contributed by atoms with Gasteiger partial charge in [0.1, 0.15) is 0 Å². The van der Waals surface area contributed by atoms with Crippen molar-refractivity contribution >= 4 is 9.84 Å². The smallest absolute Gasteiger partial charge is 0.312 e. The summed E-state index contributed by atoms with van der Waals surface area (Å²) >= 11 is 0. The summed E-state index contributed by atoms with van der Waals surface area (Å²) < 4.78 is 20.9. The van der Waals surface area contributed by atoms with Crippen LogP contribution in [0.15, 0.2) is 0 Å². The molecule has 0 amide bonds. The van der Waals surface area contributed by atoms with Gasteiger partial charge in [0.05, 0.1) is 12.4 Å². The Hall–Kier alpha value is -0.600. The van der Waals surface area contributed by atoms with Gasteiger partial charge in [0.2, 0.25) is 9.84 Å². The van der Waals surface area contributed by atoms with Crippen LogP contribution >= 0.6 is 0 Å². The molecule has 0 rings (SSSR count). The Morgan fingerprint density at radius 3 is 2.44 bits per heavy atom. The van der Waals surface area contributed by atoms with Gasteiger partial charge in [-0.3, -0.25) is 4.85 Å². The molecule has 0 aliphatic rings. The van der Waals surface area contributed by atoms with Gasteiger partial charge in [0.25, 0.3) is 0 Å². The van der Waals surface area contributed by atoms with E-state index in [1.165, 1.54) is 0 Å². The molecule has 0 atom stereocenters. The fourth-order valence-electron chi connectivity index (χ4n) is 0.302. The maximum Gasteiger partial charge on any atom is 0.312 e. The first-order valence-corrected chi connectivity index (χ1v) is 4.09. The number of sulfone groups is 1. The Morgan fingerprint density at radius 2 is 2.11 bits per heavy atom. The van der Waals surface area contributed by atoms with Crippen LogP contribution in [0.5, 0.6) is 0 Å². The minimum atomic E-state index is -3.29. The number of nitrogens with zero attached hydrogens (tertiary/aromatic N) is 1. The van der Waals surface area contributed by atoms with E-state index in [2.05, 4.69) is 4.85 Å². The molecule has 0 radical (unpaired) electrons. The molecule has 4 nitrogen and oxygen atoms in total. The van der Waals surface area contributed by atoms with Crippen molar-refractivity contribution in [1.29, 1.82) is 0 Å². The fourth-order valence-corrected chi connectivity index (χ4v) is 0.906. The SMILES string of the molecule is [C-]#[N+]CS(=O)(=O)CCO. The summed E-state index contributed by atoms with van der Waals surface area (Å²) in [5, 5.41) is 8.15. The lowest BCUT2D eigenvalue weighted by Gasteiger charge is -1.89. The molecule has 0 saturated carbocycles. The van der Waals surface area contributed by atoms with Gasteiger partial charge < -0.3 is 5.11 Å². The second kappa shape index (κ2) is 3.43. The molecule has 5 heteroatoms. The van der Waals surface area contributed by atoms with Crippen LogP contribution in [0.4, 0.5) is 0 Å². The van der Waals surface area contributed by atoms with Crippen molar-refractivity contribution in [3.05, 3.63) is 11.4 Å². The van der Waals surface area contributed by atoms with E-state index in [4.69, 9.17) is 11.7 Å². The van der Waals surface area contributed by atoms with E-state index >= 15 is 0 Å². The highest BCUT2D eigenvalue weighted by Gasteiger charge is 2.11. The molecular weight excluding hydrogens is 142 g/mol. The van der Waals surface area contributed by atoms with E-state index in [0.717, 1.165) is 0 Å². The lowest BCUT2D eigenvalue weighted by atomic mass is 10.9. The van der Waals surface area contributed by atoms with Crippen molar-refractivity contribution in [3.8, 4) is 0 Å². The largest absolute Gasteiger partial charge is 0.395 e. The van der Waals surface area contributed by atoms with Crippen LogP contribution in [0.2, 0.25) is 0 Å². The van der Waals surface area contributed by atoms with Crippen molar-refractivity contribution in [2.45, 2.75) is 0 Å². The average molecular weight is 149 g/mol. The van der Waals surface area contributed by atoms with Crippen molar-refractivity contribution < 1.29 is 13.5 Å². The summed E-state index contributed by atoms with van der Waals surface area (Å²) in [6, 6.07) is 0. The predicted octanol–water partition coefficient (Wildman–Crippen LogP) is -0.730. The third kappa shape index (κ3) is 3.94. The molecule has 0 aromatic rings. The first-order chi connectivity index (χ1) is 4.12. The summed E-state index contributed by atoms with van der Waals surface area (Å²) in [5.41, 5.74) is 0. The summed E-state index contributed by atoms with van der Waals surface area (Å²) in [5.74, 6) is -0.830. The molecular formula is C4H7NO3S. The van der Waals surface area contributed by atoms with Gasteiger partial charge in [-0.15, -0.1) is 0 Å². The van der Waals surface area contributed by atoms with Crippen molar-refractivity contribution in [1.82, 2.24) is 0 Å². The Labute approximate surface area is 53.9 Å². The lowest BCUT2D eigenvalue weighted by Crippen LogP contribution is -2.11. The van der Waals surface area contributed by atoms with Crippen molar-refractivity contribution in [3.63, 3.8) is 0 Å². The molecule has 0 aliphatic carbocycles. The van der Waals surface area contributed by atoms with E-state index in [0.29, 0.717) is 0 Å². The number of rotatable bonds is 3. The topological polar surface area (TPSA) is 58.7 Å². The van der Waals surface area contributed by atoms with Gasteiger partial charge in [0, 0.05) is 0 Å². The Bertz CT molecular complexity index is 200. The van der Waals surface area contributed by atoms with Gasteiger partial charge >= 0.3 is 5.88 Å². The van der Waals surface area contributed by atoms with Gasteiger partial charge in [-0.25, -0.2) is 15.0 Å². The van der Waals surface area contributed by atoms with Crippen molar-refractivity contribution in [2.24, 2.45) is 0 Å². The van der Waals surface area contributed by atoms with Crippen LogP contribution in [0, 0.1) is 6.57 Å². The summed E-state index contributed by atoms with van der Waals surface area (Å²) in [4.78, 5) is 2.68. The summed E-state index contributed by atoms with van der Waals surface area (Å²) in [6.07, 6.45) is 0. The first-order valence-electron chi connectivity index (χ1n) is 2.27. The minimum absolute atomic E-state index is 0.310. The standard InChI is InChI=1S/C4H7NO3S/c1-5-4-9(7,8)3-2-6/h6H,2-4H2. The fraction of sp³-hybridized carbons (Fsp3) is 0.750. The maximum absolute atomic E-state index is 10.5. The highest BCUT2D eigenvalue weighted by molar-refractivity contribution is 7.91. The second-order valence-electron chi connectivity index (χ2n) is 1.46. The van der Waals surface area contributed by atoms with E-state index in [1.807, 2.05) is 0 Å². The highest BCUT2D eigenvalue weighted by atomic mass is 32.2. The zero-order valence-corrected chi connectivity index (χ0v) is 5.56. The zero-order valence-electron chi connectivity index (χ0n) is 4.74. The lowest BCUT2D eigenvalue weighted by molar-refractivity contribution is 0.319. The van der Waals surface area contributed by atoms with Crippen LogP contribution in [-0.4, -0.2) is 31.8 Å². The quantitative estimate of drug-likeness (QED) is 0.538. The molecule has 0 heterocycles. The zero-order chi connectivity index (χ0) is 7.33. The molecule has 0 unspecified atom stereocenters. The van der Waals surface area contributed by atoms with E-state index < -0.39 is 22.3 Å². The van der Waals surface area contributed by atoms with Crippen LogP contribution in [-0.2, 0) is 9.84 Å². The molecule has 0 bridgehead atoms. The highest BCUT2D eigenvalue weighted by Crippen LogP contribution is 1.88. The van der Waals surface area contributed by atoms with Crippen LogP contribution < -0.4 is 0 Å². The third-order valence-corrected chi connectivity index (χ3v) is 1.99. The Morgan fingerprint density at radius 1 is 1.56 bits per heavy atom. The molecule has 0 spiro atoms. The summed E-state index contributed by atoms with van der Waals surface area (Å²) in [7, 11) is -3.29. The monoisotopic (exact) mass is 149 g/mol. The van der Waals surface area contributed by atoms with Gasteiger partial charge in [-0.2, -0.15) is 0 Å². The second-order valence-corrected chi connectivity index (χ2v) is 3.61. The van der Waals surface area contributed by atoms with E-state index in [1.54, 1.807) is 0 Å². The predicted molar refractivity (Wildman–Crippen MR) is 32.3 cm³/mol. The molecule has 0 fully saturated rings. The maximum atomic E-state index is 10.5. The van der Waals surface area contributed by atoms with Crippen LogP contribution in [0.25, 0.3) is 4.85 Å². The summed E-state index contributed by atoms with van der Waals surface area (Å²) in [6.45, 7) is 5.80. The number of hydrogen-bond acceptors (Lipinski definition) is 3. The minimum Gasteiger partial charge on any atom is -0.395 e. The number of aliphatic hydroxyl groups excluding tert-OH is 1. The van der Waals surface area contributed by atoms with Gasteiger partial charge in [-0.1, -0.05) is 0 Å². The van der Waals surface area contributed by atoms with Crippen LogP contribution in [0.1, 0.15) is 0 Å².